The van der Waals surface area contributed by atoms with Gasteiger partial charge >= 0.3 is 5.97 Å². The van der Waals surface area contributed by atoms with Crippen LogP contribution in [0, 0.1) is 6.92 Å². The minimum atomic E-state index is -0.742. The summed E-state index contributed by atoms with van der Waals surface area (Å²) in [6.07, 6.45) is 7.33. The summed E-state index contributed by atoms with van der Waals surface area (Å²) in [6.45, 7) is 8.21. The number of piperidine rings is 1. The van der Waals surface area contributed by atoms with E-state index in [1.54, 1.807) is 6.20 Å². The standard InChI is InChI=1S/C36H40N6O3/c1-24-30(26-8-9-27-20-29(39-32(27)21-26)11-14-41-15-17-45-18-16-41)5-4-6-31(24)40-35-34-28(10-12-37-35)19-25(22-38-34)23-42-13-3-2-7-33(42)36(43)44/h4-6,8-10,12,19-22,33,39H,2-3,7,11,13-18,23H2,1H3,(H,37,40)(H,43,44). The van der Waals surface area contributed by atoms with E-state index in [0.29, 0.717) is 18.8 Å². The number of carbonyl (C=O) groups is 1. The van der Waals surface area contributed by atoms with Gasteiger partial charge in [0.15, 0.2) is 5.82 Å². The fourth-order valence-electron chi connectivity index (χ4n) is 6.78. The molecule has 5 heterocycles. The third kappa shape index (κ3) is 6.42. The van der Waals surface area contributed by atoms with Crippen molar-refractivity contribution in [1.82, 2.24) is 24.8 Å². The highest BCUT2D eigenvalue weighted by atomic mass is 16.5. The van der Waals surface area contributed by atoms with Crippen molar-refractivity contribution in [3.8, 4) is 11.1 Å². The summed E-state index contributed by atoms with van der Waals surface area (Å²) in [7, 11) is 0. The lowest BCUT2D eigenvalue weighted by Gasteiger charge is -2.32. The van der Waals surface area contributed by atoms with E-state index in [-0.39, 0.29) is 0 Å². The Labute approximate surface area is 263 Å². The zero-order valence-corrected chi connectivity index (χ0v) is 25.8. The normalized spacial score (nSPS) is 18.0. The Bertz CT molecular complexity index is 1830. The lowest BCUT2D eigenvalue weighted by Crippen LogP contribution is -2.44. The number of rotatable bonds is 9. The van der Waals surface area contributed by atoms with Crippen LogP contribution < -0.4 is 5.32 Å². The molecule has 45 heavy (non-hydrogen) atoms. The number of hydrogen-bond acceptors (Lipinski definition) is 7. The number of aromatic amines is 1. The summed E-state index contributed by atoms with van der Waals surface area (Å²) >= 11 is 0. The van der Waals surface area contributed by atoms with Crippen LogP contribution in [0.4, 0.5) is 11.5 Å². The quantitative estimate of drug-likeness (QED) is 0.184. The molecule has 0 spiro atoms. The fourth-order valence-corrected chi connectivity index (χ4v) is 6.78. The summed E-state index contributed by atoms with van der Waals surface area (Å²) in [4.78, 5) is 29.4. The number of nitrogens with one attached hydrogen (secondary N) is 2. The van der Waals surface area contributed by atoms with Crippen molar-refractivity contribution in [1.29, 1.82) is 0 Å². The SMILES string of the molecule is Cc1c(Nc2nccc3cc(CN4CCCCC4C(=O)O)cnc23)cccc1-c1ccc2cc(CCN3CCOCC3)[nH]c2c1. The highest BCUT2D eigenvalue weighted by Crippen LogP contribution is 2.33. The van der Waals surface area contributed by atoms with Crippen LogP contribution in [0.2, 0.25) is 0 Å². The van der Waals surface area contributed by atoms with Crippen LogP contribution in [0.25, 0.3) is 32.9 Å². The van der Waals surface area contributed by atoms with E-state index in [2.05, 4.69) is 80.5 Å². The zero-order valence-electron chi connectivity index (χ0n) is 25.8. The van der Waals surface area contributed by atoms with Crippen molar-refractivity contribution < 1.29 is 14.6 Å². The van der Waals surface area contributed by atoms with Crippen LogP contribution in [-0.4, -0.2) is 81.3 Å². The zero-order chi connectivity index (χ0) is 30.8. The maximum atomic E-state index is 11.8. The van der Waals surface area contributed by atoms with E-state index in [4.69, 9.17) is 9.72 Å². The molecule has 232 valence electrons. The number of anilines is 2. The van der Waals surface area contributed by atoms with E-state index >= 15 is 0 Å². The maximum absolute atomic E-state index is 11.8. The van der Waals surface area contributed by atoms with Crippen LogP contribution in [0.5, 0.6) is 0 Å². The molecular weight excluding hydrogens is 564 g/mol. The first-order valence-electron chi connectivity index (χ1n) is 16.0. The number of ether oxygens (including phenoxy) is 1. The number of benzene rings is 2. The molecule has 7 rings (SSSR count). The number of aliphatic carboxylic acids is 1. The van der Waals surface area contributed by atoms with E-state index < -0.39 is 12.0 Å². The third-order valence-corrected chi connectivity index (χ3v) is 9.32. The van der Waals surface area contributed by atoms with Crippen LogP contribution >= 0.6 is 0 Å². The van der Waals surface area contributed by atoms with Gasteiger partial charge in [0, 0.05) is 67.3 Å². The van der Waals surface area contributed by atoms with Crippen molar-refractivity contribution >= 4 is 39.3 Å². The van der Waals surface area contributed by atoms with E-state index in [1.807, 2.05) is 12.3 Å². The number of pyridine rings is 2. The molecule has 0 bridgehead atoms. The van der Waals surface area contributed by atoms with Gasteiger partial charge in [0.1, 0.15) is 11.6 Å². The summed E-state index contributed by atoms with van der Waals surface area (Å²) in [5, 5.41) is 15.4. The molecule has 0 saturated carbocycles. The Morgan fingerprint density at radius 1 is 1.04 bits per heavy atom. The highest BCUT2D eigenvalue weighted by Gasteiger charge is 2.28. The van der Waals surface area contributed by atoms with Gasteiger partial charge in [0.25, 0.3) is 0 Å². The molecule has 3 N–H and O–H groups in total. The summed E-state index contributed by atoms with van der Waals surface area (Å²) in [5.41, 5.74) is 8.65. The molecule has 2 saturated heterocycles. The summed E-state index contributed by atoms with van der Waals surface area (Å²) in [5.74, 6) is -0.0424. The van der Waals surface area contributed by atoms with Gasteiger partial charge in [-0.05, 0) is 84.3 Å². The Balaban J connectivity index is 1.09. The van der Waals surface area contributed by atoms with Crippen molar-refractivity contribution in [2.75, 3.05) is 44.7 Å². The second-order valence-corrected chi connectivity index (χ2v) is 12.3. The largest absolute Gasteiger partial charge is 0.480 e. The molecular formula is C36H40N6O3. The van der Waals surface area contributed by atoms with E-state index in [9.17, 15) is 9.90 Å². The molecule has 5 aromatic rings. The first-order chi connectivity index (χ1) is 22.0. The molecule has 0 radical (unpaired) electrons. The van der Waals surface area contributed by atoms with E-state index in [0.717, 1.165) is 103 Å². The van der Waals surface area contributed by atoms with Gasteiger partial charge in [-0.15, -0.1) is 0 Å². The van der Waals surface area contributed by atoms with Crippen LogP contribution in [-0.2, 0) is 22.5 Å². The number of H-pyrrole nitrogens is 1. The minimum absolute atomic E-state index is 0.431. The van der Waals surface area contributed by atoms with Crippen LogP contribution in [0.1, 0.15) is 36.1 Å². The van der Waals surface area contributed by atoms with Gasteiger partial charge in [0.2, 0.25) is 0 Å². The minimum Gasteiger partial charge on any atom is -0.480 e. The molecule has 9 heteroatoms. The first-order valence-corrected chi connectivity index (χ1v) is 16.0. The molecule has 1 unspecified atom stereocenters. The molecule has 0 amide bonds. The Hall–Kier alpha value is -4.31. The predicted molar refractivity (Wildman–Crippen MR) is 178 cm³/mol. The average molecular weight is 605 g/mol. The summed E-state index contributed by atoms with van der Waals surface area (Å²) < 4.78 is 5.48. The molecule has 9 nitrogen and oxygen atoms in total. The lowest BCUT2D eigenvalue weighted by molar-refractivity contribution is -0.144. The number of carboxylic acids is 1. The molecule has 2 aliphatic rings. The van der Waals surface area contributed by atoms with Gasteiger partial charge < -0.3 is 20.1 Å². The topological polar surface area (TPSA) is 107 Å². The number of aromatic nitrogens is 3. The van der Waals surface area contributed by atoms with Crippen LogP contribution in [0.3, 0.4) is 0 Å². The van der Waals surface area contributed by atoms with E-state index in [1.165, 1.54) is 11.1 Å². The predicted octanol–water partition coefficient (Wildman–Crippen LogP) is 6.14. The monoisotopic (exact) mass is 604 g/mol. The Morgan fingerprint density at radius 3 is 2.80 bits per heavy atom. The number of nitrogens with zero attached hydrogens (tertiary/aromatic N) is 4. The van der Waals surface area contributed by atoms with Crippen molar-refractivity contribution in [2.45, 2.75) is 45.2 Å². The number of hydrogen-bond donors (Lipinski definition) is 3. The fraction of sp³-hybridized carbons (Fsp3) is 0.361. The van der Waals surface area contributed by atoms with Gasteiger partial charge in [-0.2, -0.15) is 0 Å². The van der Waals surface area contributed by atoms with Gasteiger partial charge in [-0.3, -0.25) is 19.6 Å². The van der Waals surface area contributed by atoms with Gasteiger partial charge in [0.05, 0.1) is 13.2 Å². The summed E-state index contributed by atoms with van der Waals surface area (Å²) in [6, 6.07) is 18.9. The second-order valence-electron chi connectivity index (χ2n) is 12.3. The molecule has 1 atom stereocenters. The van der Waals surface area contributed by atoms with Crippen molar-refractivity contribution in [2.24, 2.45) is 0 Å². The van der Waals surface area contributed by atoms with Crippen LogP contribution in [0.15, 0.2) is 67.0 Å². The second kappa shape index (κ2) is 13.0. The average Bonchev–Trinajstić information content (AvgIpc) is 3.48. The maximum Gasteiger partial charge on any atom is 0.320 e. The molecule has 2 aliphatic heterocycles. The Morgan fingerprint density at radius 2 is 1.93 bits per heavy atom. The van der Waals surface area contributed by atoms with Crippen molar-refractivity contribution in [3.63, 3.8) is 0 Å². The van der Waals surface area contributed by atoms with Crippen molar-refractivity contribution in [3.05, 3.63) is 83.8 Å². The lowest BCUT2D eigenvalue weighted by atomic mass is 9.98. The number of fused-ring (bicyclic) bond motifs is 2. The highest BCUT2D eigenvalue weighted by molar-refractivity contribution is 5.91. The number of morpholine rings is 1. The van der Waals surface area contributed by atoms with Gasteiger partial charge in [-0.1, -0.05) is 30.7 Å². The molecule has 0 aliphatic carbocycles. The smallest absolute Gasteiger partial charge is 0.320 e. The molecule has 3 aromatic heterocycles. The number of likely N-dealkylation sites (tertiary alicyclic amines) is 1. The van der Waals surface area contributed by atoms with Gasteiger partial charge in [-0.25, -0.2) is 4.98 Å². The molecule has 2 aromatic carbocycles. The third-order valence-electron chi connectivity index (χ3n) is 9.32. The molecule has 2 fully saturated rings. The Kier molecular flexibility index (Phi) is 8.47. The first kappa shape index (κ1) is 29.4. The number of carboxylic acid groups (broad SMARTS) is 1.